The van der Waals surface area contributed by atoms with Gasteiger partial charge in [0, 0.05) is 19.0 Å². The van der Waals surface area contributed by atoms with E-state index in [0.717, 1.165) is 19.4 Å². The molecule has 6 nitrogen and oxygen atoms in total. The van der Waals surface area contributed by atoms with Crippen LogP contribution < -0.4 is 5.32 Å². The smallest absolute Gasteiger partial charge is 0.289 e. The van der Waals surface area contributed by atoms with Crippen LogP contribution in [0.15, 0.2) is 34.7 Å². The van der Waals surface area contributed by atoms with Gasteiger partial charge >= 0.3 is 0 Å². The molecule has 0 spiro atoms. The summed E-state index contributed by atoms with van der Waals surface area (Å²) >= 11 is 0. The summed E-state index contributed by atoms with van der Waals surface area (Å²) in [5, 5.41) is 2.98. The molecule has 0 radical (unpaired) electrons. The minimum absolute atomic E-state index is 0.105. The van der Waals surface area contributed by atoms with Crippen LogP contribution in [0, 0.1) is 6.92 Å². The molecule has 1 aliphatic heterocycles. The Labute approximate surface area is 153 Å². The van der Waals surface area contributed by atoms with Gasteiger partial charge in [-0.05, 0) is 32.4 Å². The van der Waals surface area contributed by atoms with Crippen LogP contribution >= 0.6 is 0 Å². The zero-order valence-electron chi connectivity index (χ0n) is 15.3. The Hall–Kier alpha value is -2.18. The van der Waals surface area contributed by atoms with Gasteiger partial charge in [0.25, 0.3) is 5.91 Å². The predicted octanol–water partition coefficient (Wildman–Crippen LogP) is 2.66. The van der Waals surface area contributed by atoms with Gasteiger partial charge in [-0.15, -0.1) is 0 Å². The predicted molar refractivity (Wildman–Crippen MR) is 97.1 cm³/mol. The maximum Gasteiger partial charge on any atom is 0.289 e. The number of rotatable bonds is 5. The van der Waals surface area contributed by atoms with E-state index >= 15 is 0 Å². The number of benzene rings is 1. The topological polar surface area (TPSA) is 67.6 Å². The van der Waals surface area contributed by atoms with Gasteiger partial charge < -0.3 is 14.5 Å². The highest BCUT2D eigenvalue weighted by Gasteiger charge is 2.33. The van der Waals surface area contributed by atoms with Gasteiger partial charge in [-0.3, -0.25) is 9.69 Å². The lowest BCUT2D eigenvalue weighted by Crippen LogP contribution is -2.48. The largest absolute Gasteiger partial charge is 0.435 e. The number of hydrogen-bond acceptors (Lipinski definition) is 5. The summed E-state index contributed by atoms with van der Waals surface area (Å²) < 4.78 is 11.7. The Balaban J connectivity index is 1.44. The highest BCUT2D eigenvalue weighted by atomic mass is 16.5. The van der Waals surface area contributed by atoms with E-state index in [1.54, 1.807) is 0 Å². The van der Waals surface area contributed by atoms with E-state index in [9.17, 15) is 4.79 Å². The van der Waals surface area contributed by atoms with Crippen LogP contribution in [0.2, 0.25) is 0 Å². The van der Waals surface area contributed by atoms with Crippen LogP contribution in [0.25, 0.3) is 0 Å². The summed E-state index contributed by atoms with van der Waals surface area (Å²) in [6.07, 6.45) is 2.09. The molecule has 0 bridgehead atoms. The number of aromatic nitrogens is 1. The van der Waals surface area contributed by atoms with Gasteiger partial charge in [0.15, 0.2) is 5.89 Å². The number of nitrogens with one attached hydrogen (secondary N) is 1. The molecule has 1 aliphatic carbocycles. The number of likely N-dealkylation sites (N-methyl/N-ethyl adjacent to an activating group) is 1. The van der Waals surface area contributed by atoms with Gasteiger partial charge in [-0.2, -0.15) is 0 Å². The van der Waals surface area contributed by atoms with E-state index in [2.05, 4.69) is 34.4 Å². The molecule has 1 aromatic carbocycles. The maximum atomic E-state index is 12.6. The molecule has 6 heteroatoms. The fourth-order valence-electron chi connectivity index (χ4n) is 3.56. The minimum Gasteiger partial charge on any atom is -0.435 e. The Morgan fingerprint density at radius 3 is 2.81 bits per heavy atom. The van der Waals surface area contributed by atoms with Crippen molar-refractivity contribution in [2.45, 2.75) is 37.8 Å². The van der Waals surface area contributed by atoms with E-state index in [1.807, 2.05) is 25.1 Å². The van der Waals surface area contributed by atoms with E-state index in [1.165, 1.54) is 5.56 Å². The molecule has 2 atom stereocenters. The van der Waals surface area contributed by atoms with Gasteiger partial charge in [0.1, 0.15) is 0 Å². The van der Waals surface area contributed by atoms with Crippen LogP contribution in [-0.2, 0) is 4.74 Å². The van der Waals surface area contributed by atoms with Crippen molar-refractivity contribution in [1.82, 2.24) is 15.2 Å². The van der Waals surface area contributed by atoms with Crippen molar-refractivity contribution in [2.24, 2.45) is 0 Å². The molecule has 1 saturated heterocycles. The highest BCUT2D eigenvalue weighted by molar-refractivity contribution is 5.92. The summed E-state index contributed by atoms with van der Waals surface area (Å²) in [6.45, 7) is 3.78. The van der Waals surface area contributed by atoms with E-state index in [4.69, 9.17) is 9.15 Å². The van der Waals surface area contributed by atoms with Gasteiger partial charge in [-0.1, -0.05) is 30.3 Å². The number of nitrogens with zero attached hydrogens (tertiary/aromatic N) is 2. The van der Waals surface area contributed by atoms with Crippen LogP contribution in [0.3, 0.4) is 0 Å². The average molecular weight is 355 g/mol. The lowest BCUT2D eigenvalue weighted by Gasteiger charge is -2.39. The first-order chi connectivity index (χ1) is 12.6. The quantitative estimate of drug-likeness (QED) is 0.893. The third-order valence-electron chi connectivity index (χ3n) is 5.15. The number of oxazole rings is 1. The number of aryl methyl sites for hydroxylation is 1. The molecule has 26 heavy (non-hydrogen) atoms. The standard InChI is InChI=1S/C20H25N3O3/c1-13-18(26-20(22-13)15-8-9-15)19(24)21-12-16-17(23(2)10-11-25-16)14-6-4-3-5-7-14/h3-7,15-17H,8-12H2,1-2H3,(H,21,24)/t16-,17-/m0/s1. The molecule has 4 rings (SSSR count). The van der Waals surface area contributed by atoms with Crippen molar-refractivity contribution in [1.29, 1.82) is 0 Å². The van der Waals surface area contributed by atoms with Crippen molar-refractivity contribution in [2.75, 3.05) is 26.7 Å². The molecule has 2 aromatic rings. The monoisotopic (exact) mass is 355 g/mol. The zero-order valence-corrected chi connectivity index (χ0v) is 15.3. The van der Waals surface area contributed by atoms with Crippen LogP contribution in [0.5, 0.6) is 0 Å². The molecule has 2 heterocycles. The first kappa shape index (κ1) is 17.2. The maximum absolute atomic E-state index is 12.6. The second-order valence-electron chi connectivity index (χ2n) is 7.20. The summed E-state index contributed by atoms with van der Waals surface area (Å²) in [7, 11) is 2.09. The zero-order chi connectivity index (χ0) is 18.1. The van der Waals surface area contributed by atoms with Crippen molar-refractivity contribution >= 4 is 5.91 Å². The van der Waals surface area contributed by atoms with Gasteiger partial charge in [0.2, 0.25) is 5.76 Å². The summed E-state index contributed by atoms with van der Waals surface area (Å²) in [6, 6.07) is 10.4. The van der Waals surface area contributed by atoms with Gasteiger partial charge in [-0.25, -0.2) is 4.98 Å². The third-order valence-corrected chi connectivity index (χ3v) is 5.15. The molecule has 1 N–H and O–H groups in total. The van der Waals surface area contributed by atoms with Gasteiger partial charge in [0.05, 0.1) is 24.4 Å². The lowest BCUT2D eigenvalue weighted by atomic mass is 9.98. The second kappa shape index (κ2) is 7.21. The van der Waals surface area contributed by atoms with Crippen molar-refractivity contribution < 1.29 is 13.9 Å². The highest BCUT2D eigenvalue weighted by Crippen LogP contribution is 2.40. The fourth-order valence-corrected chi connectivity index (χ4v) is 3.56. The minimum atomic E-state index is -0.217. The van der Waals surface area contributed by atoms with Crippen molar-refractivity contribution in [3.05, 3.63) is 53.2 Å². The number of ether oxygens (including phenoxy) is 1. The molecule has 2 aliphatic rings. The molecular formula is C20H25N3O3. The van der Waals surface area contributed by atoms with E-state index < -0.39 is 0 Å². The van der Waals surface area contributed by atoms with Crippen LogP contribution in [0.1, 0.15) is 52.5 Å². The van der Waals surface area contributed by atoms with E-state index in [-0.39, 0.29) is 18.1 Å². The Morgan fingerprint density at radius 2 is 2.08 bits per heavy atom. The summed E-state index contributed by atoms with van der Waals surface area (Å²) in [5.41, 5.74) is 1.85. The van der Waals surface area contributed by atoms with E-state index in [0.29, 0.717) is 36.4 Å². The molecule has 138 valence electrons. The Kier molecular flexibility index (Phi) is 4.78. The lowest BCUT2D eigenvalue weighted by molar-refractivity contribution is -0.0605. The number of amides is 1. The first-order valence-corrected chi connectivity index (χ1v) is 9.26. The normalized spacial score (nSPS) is 23.8. The SMILES string of the molecule is Cc1nc(C2CC2)oc1C(=O)NC[C@@H]1OCCN(C)[C@H]1c1ccccc1. The molecular weight excluding hydrogens is 330 g/mol. The molecule has 2 fully saturated rings. The van der Waals surface area contributed by atoms with Crippen molar-refractivity contribution in [3.8, 4) is 0 Å². The summed E-state index contributed by atoms with van der Waals surface area (Å²) in [4.78, 5) is 19.2. The number of carbonyl (C=O) groups is 1. The Bertz CT molecular complexity index is 770. The molecule has 1 aromatic heterocycles. The number of hydrogen-bond donors (Lipinski definition) is 1. The second-order valence-corrected chi connectivity index (χ2v) is 7.20. The summed E-state index contributed by atoms with van der Waals surface area (Å²) in [5.74, 6) is 1.20. The average Bonchev–Trinajstić information content (AvgIpc) is 3.42. The van der Waals surface area contributed by atoms with Crippen molar-refractivity contribution in [3.63, 3.8) is 0 Å². The Morgan fingerprint density at radius 1 is 1.31 bits per heavy atom. The first-order valence-electron chi connectivity index (χ1n) is 9.26. The molecule has 1 saturated carbocycles. The fraction of sp³-hybridized carbons (Fsp3) is 0.500. The third kappa shape index (κ3) is 3.52. The molecule has 0 unspecified atom stereocenters. The number of morpholine rings is 1. The number of carbonyl (C=O) groups excluding carboxylic acids is 1. The molecule has 1 amide bonds. The van der Waals surface area contributed by atoms with Crippen LogP contribution in [0.4, 0.5) is 0 Å². The van der Waals surface area contributed by atoms with Crippen LogP contribution in [-0.4, -0.2) is 48.6 Å².